The van der Waals surface area contributed by atoms with Gasteiger partial charge in [-0.1, -0.05) is 18.2 Å². The Morgan fingerprint density at radius 3 is 2.10 bits per heavy atom. The first-order valence-corrected chi connectivity index (χ1v) is 6.45. The molecule has 0 aliphatic carbocycles. The Kier molecular flexibility index (Phi) is 5.97. The fourth-order valence-corrected chi connectivity index (χ4v) is 1.26. The topological polar surface area (TPSA) is 52.6 Å². The number of hydrogen-bond acceptors (Lipinski definition) is 4. The number of hydrogen-bond donors (Lipinski definition) is 0. The summed E-state index contributed by atoms with van der Waals surface area (Å²) in [5, 5.41) is 0. The summed E-state index contributed by atoms with van der Waals surface area (Å²) in [6, 6.07) is 8.77. The Morgan fingerprint density at radius 2 is 1.55 bits per heavy atom. The lowest BCUT2D eigenvalue weighted by molar-refractivity contribution is -0.151. The molecule has 0 bridgehead atoms. The van der Waals surface area contributed by atoms with E-state index in [1.54, 1.807) is 57.2 Å². The molecule has 0 unspecified atom stereocenters. The molecule has 0 fully saturated rings. The van der Waals surface area contributed by atoms with Crippen molar-refractivity contribution in [2.75, 3.05) is 13.2 Å². The van der Waals surface area contributed by atoms with Gasteiger partial charge in [0.1, 0.15) is 13.2 Å². The quantitative estimate of drug-likeness (QED) is 0.613. The molecule has 0 aliphatic heterocycles. The Hall–Kier alpha value is -2.10. The molecule has 0 aromatic heterocycles. The van der Waals surface area contributed by atoms with Crippen molar-refractivity contribution in [2.45, 2.75) is 20.8 Å². The van der Waals surface area contributed by atoms with E-state index in [9.17, 15) is 9.59 Å². The molecular weight excluding hydrogens is 256 g/mol. The molecule has 0 atom stereocenters. The van der Waals surface area contributed by atoms with Gasteiger partial charge in [0.25, 0.3) is 0 Å². The van der Waals surface area contributed by atoms with Gasteiger partial charge in [0.05, 0.1) is 11.0 Å². The first-order chi connectivity index (χ1) is 9.41. The lowest BCUT2D eigenvalue weighted by Crippen LogP contribution is -2.22. The molecule has 4 nitrogen and oxygen atoms in total. The van der Waals surface area contributed by atoms with Crippen LogP contribution in [-0.2, 0) is 14.3 Å². The third-order valence-electron chi connectivity index (χ3n) is 2.41. The zero-order chi connectivity index (χ0) is 15.0. The summed E-state index contributed by atoms with van der Waals surface area (Å²) in [5.74, 6) is -0.634. The Morgan fingerprint density at radius 1 is 1.00 bits per heavy atom. The Balaban J connectivity index is 2.23. The van der Waals surface area contributed by atoms with Gasteiger partial charge in [0, 0.05) is 0 Å². The van der Waals surface area contributed by atoms with Crippen molar-refractivity contribution >= 4 is 11.9 Å². The van der Waals surface area contributed by atoms with E-state index in [-0.39, 0.29) is 25.2 Å². The first kappa shape index (κ1) is 16.0. The zero-order valence-electron chi connectivity index (χ0n) is 12.1. The second-order valence-electron chi connectivity index (χ2n) is 5.28. The SMILES string of the molecule is CC(C)(C)C(=O)OCC=CCOC(=O)c1ccccc1. The Labute approximate surface area is 119 Å². The highest BCUT2D eigenvalue weighted by Crippen LogP contribution is 2.14. The highest BCUT2D eigenvalue weighted by Gasteiger charge is 2.22. The third-order valence-corrected chi connectivity index (χ3v) is 2.41. The summed E-state index contributed by atoms with van der Waals surface area (Å²) in [6.45, 7) is 5.71. The molecule has 0 N–H and O–H groups in total. The van der Waals surface area contributed by atoms with Crippen LogP contribution in [0.5, 0.6) is 0 Å². The Bertz CT molecular complexity index is 469. The fraction of sp³-hybridized carbons (Fsp3) is 0.375. The van der Waals surface area contributed by atoms with Crippen molar-refractivity contribution in [3.8, 4) is 0 Å². The number of ether oxygens (including phenoxy) is 2. The van der Waals surface area contributed by atoms with Gasteiger partial charge in [-0.05, 0) is 45.1 Å². The van der Waals surface area contributed by atoms with E-state index in [1.165, 1.54) is 0 Å². The standard InChI is InChI=1S/C16H20O4/c1-16(2,3)15(18)20-12-8-7-11-19-14(17)13-9-5-4-6-10-13/h4-10H,11-12H2,1-3H3. The minimum atomic E-state index is -0.506. The largest absolute Gasteiger partial charge is 0.461 e. The van der Waals surface area contributed by atoms with Crippen molar-refractivity contribution in [1.82, 2.24) is 0 Å². The number of carbonyl (C=O) groups excluding carboxylic acids is 2. The number of esters is 2. The van der Waals surface area contributed by atoms with E-state index in [0.717, 1.165) is 0 Å². The van der Waals surface area contributed by atoms with E-state index in [1.807, 2.05) is 6.07 Å². The van der Waals surface area contributed by atoms with Gasteiger partial charge in [0.15, 0.2) is 0 Å². The van der Waals surface area contributed by atoms with Crippen LogP contribution in [0.25, 0.3) is 0 Å². The van der Waals surface area contributed by atoms with Crippen LogP contribution in [0.1, 0.15) is 31.1 Å². The van der Waals surface area contributed by atoms with Crippen LogP contribution in [0.2, 0.25) is 0 Å². The predicted molar refractivity (Wildman–Crippen MR) is 76.3 cm³/mol. The van der Waals surface area contributed by atoms with Gasteiger partial charge < -0.3 is 9.47 Å². The van der Waals surface area contributed by atoms with Gasteiger partial charge in [0.2, 0.25) is 0 Å². The third kappa shape index (κ3) is 5.69. The van der Waals surface area contributed by atoms with Crippen LogP contribution in [0, 0.1) is 5.41 Å². The van der Waals surface area contributed by atoms with E-state index in [2.05, 4.69) is 0 Å². The molecule has 0 saturated heterocycles. The van der Waals surface area contributed by atoms with Gasteiger partial charge in [-0.2, -0.15) is 0 Å². The smallest absolute Gasteiger partial charge is 0.338 e. The summed E-state index contributed by atoms with van der Waals surface area (Å²) < 4.78 is 10.1. The van der Waals surface area contributed by atoms with Crippen LogP contribution in [0.3, 0.4) is 0 Å². The van der Waals surface area contributed by atoms with Crippen molar-refractivity contribution < 1.29 is 19.1 Å². The molecule has 0 amide bonds. The summed E-state index contributed by atoms with van der Waals surface area (Å²) >= 11 is 0. The molecule has 1 aromatic rings. The highest BCUT2D eigenvalue weighted by atomic mass is 16.5. The molecule has 0 saturated carbocycles. The van der Waals surface area contributed by atoms with Crippen molar-refractivity contribution in [1.29, 1.82) is 0 Å². The van der Waals surface area contributed by atoms with E-state index in [4.69, 9.17) is 9.47 Å². The fourth-order valence-electron chi connectivity index (χ4n) is 1.26. The minimum absolute atomic E-state index is 0.154. The average Bonchev–Trinajstić information content (AvgIpc) is 2.42. The monoisotopic (exact) mass is 276 g/mol. The van der Waals surface area contributed by atoms with Crippen molar-refractivity contribution in [3.05, 3.63) is 48.0 Å². The second-order valence-corrected chi connectivity index (χ2v) is 5.28. The highest BCUT2D eigenvalue weighted by molar-refractivity contribution is 5.89. The summed E-state index contributed by atoms with van der Waals surface area (Å²) in [7, 11) is 0. The van der Waals surface area contributed by atoms with Gasteiger partial charge in [-0.15, -0.1) is 0 Å². The van der Waals surface area contributed by atoms with E-state index < -0.39 is 5.41 Å². The van der Waals surface area contributed by atoms with Crippen molar-refractivity contribution in [2.24, 2.45) is 5.41 Å². The van der Waals surface area contributed by atoms with Gasteiger partial charge in [-0.25, -0.2) is 4.79 Å². The maximum atomic E-state index is 11.6. The van der Waals surface area contributed by atoms with Gasteiger partial charge in [-0.3, -0.25) is 4.79 Å². The molecule has 20 heavy (non-hydrogen) atoms. The van der Waals surface area contributed by atoms with Crippen LogP contribution in [0.4, 0.5) is 0 Å². The van der Waals surface area contributed by atoms with Crippen molar-refractivity contribution in [3.63, 3.8) is 0 Å². The lowest BCUT2D eigenvalue weighted by atomic mass is 9.97. The number of rotatable bonds is 5. The molecule has 1 aromatic carbocycles. The first-order valence-electron chi connectivity index (χ1n) is 6.45. The molecule has 1 rings (SSSR count). The molecule has 4 heteroatoms. The molecule has 108 valence electrons. The normalized spacial score (nSPS) is 11.3. The number of carbonyl (C=O) groups is 2. The maximum Gasteiger partial charge on any atom is 0.338 e. The van der Waals surface area contributed by atoms with Crippen LogP contribution < -0.4 is 0 Å². The van der Waals surface area contributed by atoms with Crippen LogP contribution >= 0.6 is 0 Å². The summed E-state index contributed by atoms with van der Waals surface area (Å²) in [5.41, 5.74) is 0.00761. The molecule has 0 spiro atoms. The predicted octanol–water partition coefficient (Wildman–Crippen LogP) is 2.99. The average molecular weight is 276 g/mol. The number of benzene rings is 1. The molecule has 0 aliphatic rings. The zero-order valence-corrected chi connectivity index (χ0v) is 12.1. The van der Waals surface area contributed by atoms with Crippen LogP contribution in [-0.4, -0.2) is 25.2 Å². The minimum Gasteiger partial charge on any atom is -0.461 e. The maximum absolute atomic E-state index is 11.6. The second kappa shape index (κ2) is 7.48. The van der Waals surface area contributed by atoms with Crippen LogP contribution in [0.15, 0.2) is 42.5 Å². The van der Waals surface area contributed by atoms with Gasteiger partial charge >= 0.3 is 11.9 Å². The lowest BCUT2D eigenvalue weighted by Gasteiger charge is -2.15. The molecular formula is C16H20O4. The summed E-state index contributed by atoms with van der Waals surface area (Å²) in [4.78, 5) is 23.0. The van der Waals surface area contributed by atoms with E-state index >= 15 is 0 Å². The molecule has 0 heterocycles. The summed E-state index contributed by atoms with van der Waals surface area (Å²) in [6.07, 6.45) is 3.30. The van der Waals surface area contributed by atoms with E-state index in [0.29, 0.717) is 5.56 Å². The molecule has 0 radical (unpaired) electrons.